The van der Waals surface area contributed by atoms with Crippen molar-refractivity contribution >= 4 is 28.3 Å². The van der Waals surface area contributed by atoms with E-state index in [1.807, 2.05) is 0 Å². The molecule has 1 N–H and O–H groups in total. The highest BCUT2D eigenvalue weighted by molar-refractivity contribution is 6.34. The van der Waals surface area contributed by atoms with Crippen LogP contribution >= 0.6 is 11.6 Å². The maximum atomic E-state index is 11.0. The molecule has 0 amide bonds. The predicted octanol–water partition coefficient (Wildman–Crippen LogP) is 2.60. The van der Waals surface area contributed by atoms with Gasteiger partial charge in [0.05, 0.1) is 7.11 Å². The van der Waals surface area contributed by atoms with Crippen LogP contribution in [0.1, 0.15) is 10.4 Å². The molecule has 2 rings (SSSR count). The number of halogens is 1. The van der Waals surface area contributed by atoms with Gasteiger partial charge in [-0.05, 0) is 18.2 Å². The third-order valence-electron chi connectivity index (χ3n) is 2.27. The average molecular weight is 238 g/mol. The number of carboxylic acids is 1. The fraction of sp³-hybridized carbons (Fsp3) is 0.0909. The van der Waals surface area contributed by atoms with Crippen LogP contribution in [0.25, 0.3) is 10.8 Å². The highest BCUT2D eigenvalue weighted by atomic mass is 35.5. The van der Waals surface area contributed by atoms with Gasteiger partial charge in [-0.15, -0.1) is 0 Å². The lowest BCUT2D eigenvalue weighted by Crippen LogP contribution is -2.00. The minimum atomic E-state index is -1.09. The number of hydrogen-bond donors (Lipinski definition) is 1. The zero-order chi connectivity index (χ0) is 11.7. The predicted molar refractivity (Wildman–Crippen MR) is 60.3 cm³/mol. The van der Waals surface area contributed by atoms with Crippen molar-refractivity contribution in [2.75, 3.05) is 7.11 Å². The van der Waals surface area contributed by atoms with Crippen molar-refractivity contribution < 1.29 is 14.6 Å². The fourth-order valence-electron chi connectivity index (χ4n) is 1.51. The molecule has 2 aromatic rings. The second-order valence-electron chi connectivity index (χ2n) is 3.18. The van der Waals surface area contributed by atoms with Gasteiger partial charge in [0.25, 0.3) is 0 Å². The number of fused-ring (bicyclic) bond motifs is 1. The first-order valence-electron chi connectivity index (χ1n) is 4.49. The number of ether oxygens (including phenoxy) is 1. The van der Waals surface area contributed by atoms with Crippen LogP contribution in [0.3, 0.4) is 0 Å². The summed E-state index contributed by atoms with van der Waals surface area (Å²) in [6.07, 6.45) is 1.52. The number of rotatable bonds is 2. The molecule has 1 aromatic carbocycles. The number of aromatic nitrogens is 1. The van der Waals surface area contributed by atoms with Crippen LogP contribution in [-0.4, -0.2) is 23.2 Å². The molecule has 1 aromatic heterocycles. The molecule has 0 bridgehead atoms. The molecule has 0 atom stereocenters. The molecule has 0 aliphatic rings. The third-order valence-corrected chi connectivity index (χ3v) is 2.55. The zero-order valence-electron chi connectivity index (χ0n) is 8.40. The van der Waals surface area contributed by atoms with Gasteiger partial charge in [0.15, 0.2) is 0 Å². The van der Waals surface area contributed by atoms with Gasteiger partial charge in [-0.25, -0.2) is 9.78 Å². The summed E-state index contributed by atoms with van der Waals surface area (Å²) in [7, 11) is 1.54. The van der Waals surface area contributed by atoms with E-state index in [0.29, 0.717) is 16.5 Å². The Hall–Kier alpha value is -1.81. The van der Waals surface area contributed by atoms with Crippen molar-refractivity contribution in [2.45, 2.75) is 0 Å². The molecule has 0 radical (unpaired) electrons. The van der Waals surface area contributed by atoms with E-state index in [-0.39, 0.29) is 10.7 Å². The molecule has 0 fully saturated rings. The summed E-state index contributed by atoms with van der Waals surface area (Å²) < 4.78 is 5.04. The molecule has 0 spiro atoms. The monoisotopic (exact) mass is 237 g/mol. The Morgan fingerprint density at radius 3 is 2.88 bits per heavy atom. The largest absolute Gasteiger partial charge is 0.497 e. The van der Waals surface area contributed by atoms with Gasteiger partial charge in [-0.3, -0.25) is 0 Å². The molecule has 0 unspecified atom stereocenters. The first kappa shape index (κ1) is 10.7. The number of methoxy groups -OCH3 is 1. The normalized spacial score (nSPS) is 10.4. The van der Waals surface area contributed by atoms with E-state index >= 15 is 0 Å². The topological polar surface area (TPSA) is 59.4 Å². The van der Waals surface area contributed by atoms with Gasteiger partial charge < -0.3 is 9.84 Å². The van der Waals surface area contributed by atoms with Gasteiger partial charge in [-0.1, -0.05) is 11.6 Å². The molecule has 0 saturated carbocycles. The number of carbonyl (C=O) groups is 1. The summed E-state index contributed by atoms with van der Waals surface area (Å²) >= 11 is 5.75. The Balaban J connectivity index is 2.79. The van der Waals surface area contributed by atoms with Crippen molar-refractivity contribution in [1.82, 2.24) is 4.98 Å². The maximum Gasteiger partial charge on any atom is 0.339 e. The number of pyridine rings is 1. The number of benzene rings is 1. The summed E-state index contributed by atoms with van der Waals surface area (Å²) in [5.74, 6) is -0.443. The second kappa shape index (κ2) is 3.98. The smallest absolute Gasteiger partial charge is 0.339 e. The molecule has 0 aliphatic carbocycles. The number of aromatic carboxylic acids is 1. The summed E-state index contributed by atoms with van der Waals surface area (Å²) in [4.78, 5) is 14.9. The van der Waals surface area contributed by atoms with E-state index < -0.39 is 5.97 Å². The third kappa shape index (κ3) is 1.67. The Morgan fingerprint density at radius 2 is 2.25 bits per heavy atom. The number of nitrogens with zero attached hydrogens (tertiary/aromatic N) is 1. The van der Waals surface area contributed by atoms with Gasteiger partial charge in [0, 0.05) is 17.0 Å². The number of carboxylic acid groups (broad SMARTS) is 1. The summed E-state index contributed by atoms with van der Waals surface area (Å²) in [6.45, 7) is 0. The molecule has 0 saturated heterocycles. The van der Waals surface area contributed by atoms with Crippen LogP contribution in [-0.2, 0) is 0 Å². The molecular formula is C11H8ClNO3. The van der Waals surface area contributed by atoms with E-state index in [2.05, 4.69) is 4.98 Å². The highest BCUT2D eigenvalue weighted by Crippen LogP contribution is 2.27. The summed E-state index contributed by atoms with van der Waals surface area (Å²) in [5, 5.41) is 10.3. The van der Waals surface area contributed by atoms with Gasteiger partial charge >= 0.3 is 5.97 Å². The van der Waals surface area contributed by atoms with E-state index in [1.54, 1.807) is 25.3 Å². The zero-order valence-corrected chi connectivity index (χ0v) is 9.15. The van der Waals surface area contributed by atoms with Crippen LogP contribution in [0.2, 0.25) is 5.15 Å². The maximum absolute atomic E-state index is 11.0. The van der Waals surface area contributed by atoms with Gasteiger partial charge in [-0.2, -0.15) is 0 Å². The Labute approximate surface area is 96.4 Å². The quantitative estimate of drug-likeness (QED) is 0.816. The lowest BCUT2D eigenvalue weighted by molar-refractivity contribution is 0.0699. The summed E-state index contributed by atoms with van der Waals surface area (Å²) in [6, 6.07) is 5.06. The first-order valence-corrected chi connectivity index (χ1v) is 4.87. The van der Waals surface area contributed by atoms with E-state index in [0.717, 1.165) is 0 Å². The first-order chi connectivity index (χ1) is 7.63. The van der Waals surface area contributed by atoms with Crippen molar-refractivity contribution in [3.8, 4) is 5.75 Å². The van der Waals surface area contributed by atoms with E-state index in [1.165, 1.54) is 6.20 Å². The molecule has 0 aliphatic heterocycles. The van der Waals surface area contributed by atoms with E-state index in [9.17, 15) is 4.79 Å². The number of hydrogen-bond acceptors (Lipinski definition) is 3. The standard InChI is InChI=1S/C11H8ClNO3/c1-16-7-2-3-8-6(4-7)5-13-10(12)9(8)11(14)15/h2-5H,1H3,(H,14,15). The van der Waals surface area contributed by atoms with Crippen molar-refractivity contribution in [2.24, 2.45) is 0 Å². The molecule has 5 heteroatoms. The van der Waals surface area contributed by atoms with Crippen molar-refractivity contribution in [1.29, 1.82) is 0 Å². The van der Waals surface area contributed by atoms with Crippen LogP contribution in [0.4, 0.5) is 0 Å². The second-order valence-corrected chi connectivity index (χ2v) is 3.54. The highest BCUT2D eigenvalue weighted by Gasteiger charge is 2.14. The summed E-state index contributed by atoms with van der Waals surface area (Å²) in [5.41, 5.74) is 0.0156. The Morgan fingerprint density at radius 1 is 1.50 bits per heavy atom. The Kier molecular flexibility index (Phi) is 2.66. The molecule has 1 heterocycles. The molecule has 82 valence electrons. The van der Waals surface area contributed by atoms with Crippen LogP contribution in [0.15, 0.2) is 24.4 Å². The Bertz CT molecular complexity index is 568. The van der Waals surface area contributed by atoms with Crippen LogP contribution < -0.4 is 4.74 Å². The average Bonchev–Trinajstić information content (AvgIpc) is 2.27. The van der Waals surface area contributed by atoms with Crippen molar-refractivity contribution in [3.63, 3.8) is 0 Å². The molecule has 4 nitrogen and oxygen atoms in total. The SMILES string of the molecule is COc1ccc2c(C(=O)O)c(Cl)ncc2c1. The molecule has 16 heavy (non-hydrogen) atoms. The van der Waals surface area contributed by atoms with Gasteiger partial charge in [0.1, 0.15) is 16.5 Å². The minimum absolute atomic E-state index is 0.00910. The van der Waals surface area contributed by atoms with Crippen LogP contribution in [0.5, 0.6) is 5.75 Å². The van der Waals surface area contributed by atoms with E-state index in [4.69, 9.17) is 21.4 Å². The minimum Gasteiger partial charge on any atom is -0.497 e. The lowest BCUT2D eigenvalue weighted by Gasteiger charge is -2.05. The van der Waals surface area contributed by atoms with Crippen molar-refractivity contribution in [3.05, 3.63) is 35.1 Å². The van der Waals surface area contributed by atoms with Crippen LogP contribution in [0, 0.1) is 0 Å². The lowest BCUT2D eigenvalue weighted by atomic mass is 10.1. The fourth-order valence-corrected chi connectivity index (χ4v) is 1.74. The molecular weight excluding hydrogens is 230 g/mol. The van der Waals surface area contributed by atoms with Gasteiger partial charge in [0.2, 0.25) is 0 Å².